The summed E-state index contributed by atoms with van der Waals surface area (Å²) in [4.78, 5) is 8.22. The Balaban J connectivity index is 0.956. The number of aromatic nitrogens is 1. The summed E-state index contributed by atoms with van der Waals surface area (Å²) < 4.78 is 0. The number of hydrogen-bond acceptors (Lipinski definition) is 1. The third-order valence-electron chi connectivity index (χ3n) is 11.9. The molecule has 238 valence electrons. The minimum atomic E-state index is 0.190. The SMILES string of the molecule is C1=CC(C2C=C(c3ccc[nH]3)C=C2c2ccc(C3CC4=C3C3CC3c3c4cc(-c4cccc(-c5ccccc5)c4)c4ccccc34)cc2)=NC1. The summed E-state index contributed by atoms with van der Waals surface area (Å²) in [6.07, 6.45) is 13.5. The van der Waals surface area contributed by atoms with Gasteiger partial charge < -0.3 is 4.98 Å². The van der Waals surface area contributed by atoms with Crippen LogP contribution in [0.25, 0.3) is 49.7 Å². The molecule has 2 heterocycles. The van der Waals surface area contributed by atoms with Gasteiger partial charge in [0.25, 0.3) is 0 Å². The van der Waals surface area contributed by atoms with Gasteiger partial charge in [-0.25, -0.2) is 0 Å². The molecule has 4 unspecified atom stereocenters. The van der Waals surface area contributed by atoms with Crippen LogP contribution in [0.3, 0.4) is 0 Å². The number of nitrogens with one attached hydrogen (secondary N) is 1. The van der Waals surface area contributed by atoms with Crippen LogP contribution in [0.5, 0.6) is 0 Å². The van der Waals surface area contributed by atoms with Crippen molar-refractivity contribution in [2.75, 3.05) is 6.54 Å². The Morgan fingerprint density at radius 2 is 1.48 bits per heavy atom. The van der Waals surface area contributed by atoms with E-state index in [2.05, 4.69) is 151 Å². The van der Waals surface area contributed by atoms with Crippen LogP contribution in [0, 0.1) is 11.8 Å². The van der Waals surface area contributed by atoms with Gasteiger partial charge in [0, 0.05) is 29.4 Å². The normalized spacial score (nSPS) is 22.8. The summed E-state index contributed by atoms with van der Waals surface area (Å²) in [6.45, 7) is 0.783. The van der Waals surface area contributed by atoms with E-state index in [0.717, 1.165) is 24.4 Å². The molecule has 5 aliphatic rings. The number of rotatable bonds is 6. The summed E-state index contributed by atoms with van der Waals surface area (Å²) in [7, 11) is 0. The number of H-pyrrole nitrogens is 1. The van der Waals surface area contributed by atoms with Crippen LogP contribution in [0.15, 0.2) is 162 Å². The van der Waals surface area contributed by atoms with Crippen LogP contribution in [0.4, 0.5) is 0 Å². The third-order valence-corrected chi connectivity index (χ3v) is 11.9. The molecule has 0 saturated heterocycles. The maximum absolute atomic E-state index is 4.82. The van der Waals surface area contributed by atoms with Crippen LogP contribution in [0.2, 0.25) is 0 Å². The fourth-order valence-corrected chi connectivity index (χ4v) is 9.45. The summed E-state index contributed by atoms with van der Waals surface area (Å²) >= 11 is 0. The Morgan fingerprint density at radius 1 is 0.660 bits per heavy atom. The van der Waals surface area contributed by atoms with E-state index >= 15 is 0 Å². The molecule has 11 rings (SSSR count). The molecular weight excluding hydrogens is 605 g/mol. The van der Waals surface area contributed by atoms with Gasteiger partial charge >= 0.3 is 0 Å². The second kappa shape index (κ2) is 10.9. The van der Waals surface area contributed by atoms with Crippen molar-refractivity contribution in [3.05, 3.63) is 185 Å². The highest BCUT2D eigenvalue weighted by atomic mass is 14.8. The molecule has 2 heteroatoms. The van der Waals surface area contributed by atoms with Gasteiger partial charge in [0.2, 0.25) is 0 Å². The Morgan fingerprint density at radius 3 is 2.30 bits per heavy atom. The maximum Gasteiger partial charge on any atom is 0.0577 e. The number of hydrogen-bond donors (Lipinski definition) is 1. The molecule has 0 bridgehead atoms. The molecule has 6 aromatic rings. The van der Waals surface area contributed by atoms with Crippen molar-refractivity contribution < 1.29 is 0 Å². The molecule has 5 aromatic carbocycles. The van der Waals surface area contributed by atoms with E-state index in [4.69, 9.17) is 4.99 Å². The van der Waals surface area contributed by atoms with E-state index in [1.165, 1.54) is 67.3 Å². The largest absolute Gasteiger partial charge is 0.361 e. The Bertz CT molecular complexity index is 2500. The van der Waals surface area contributed by atoms with Crippen LogP contribution in [-0.2, 0) is 0 Å². The zero-order chi connectivity index (χ0) is 32.8. The van der Waals surface area contributed by atoms with Gasteiger partial charge in [0.1, 0.15) is 0 Å². The van der Waals surface area contributed by atoms with Gasteiger partial charge in [0.15, 0.2) is 0 Å². The summed E-state index contributed by atoms with van der Waals surface area (Å²) in [5.74, 6) is 2.04. The lowest BCUT2D eigenvalue weighted by molar-refractivity contribution is 0.666. The van der Waals surface area contributed by atoms with Crippen molar-refractivity contribution in [3.63, 3.8) is 0 Å². The lowest BCUT2D eigenvalue weighted by Gasteiger charge is -2.39. The third kappa shape index (κ3) is 4.31. The van der Waals surface area contributed by atoms with Crippen molar-refractivity contribution >= 4 is 33.2 Å². The fourth-order valence-electron chi connectivity index (χ4n) is 9.45. The van der Waals surface area contributed by atoms with E-state index in [1.54, 1.807) is 16.7 Å². The first-order valence-electron chi connectivity index (χ1n) is 18.1. The summed E-state index contributed by atoms with van der Waals surface area (Å²) in [5, 5.41) is 2.83. The average Bonchev–Trinajstić information content (AvgIpc) is 3.60. The van der Waals surface area contributed by atoms with Crippen molar-refractivity contribution in [2.24, 2.45) is 16.8 Å². The van der Waals surface area contributed by atoms with Gasteiger partial charge in [-0.2, -0.15) is 0 Å². The molecule has 0 radical (unpaired) electrons. The second-order valence-corrected chi connectivity index (χ2v) is 14.6. The molecule has 0 spiro atoms. The van der Waals surface area contributed by atoms with E-state index < -0.39 is 0 Å². The van der Waals surface area contributed by atoms with Crippen molar-refractivity contribution in [1.82, 2.24) is 4.98 Å². The molecule has 2 nitrogen and oxygen atoms in total. The van der Waals surface area contributed by atoms with Gasteiger partial charge in [-0.15, -0.1) is 0 Å². The van der Waals surface area contributed by atoms with Crippen LogP contribution in [-0.4, -0.2) is 17.2 Å². The summed E-state index contributed by atoms with van der Waals surface area (Å²) in [5.41, 5.74) is 19.3. The highest BCUT2D eigenvalue weighted by Crippen LogP contribution is 2.68. The highest BCUT2D eigenvalue weighted by molar-refractivity contribution is 6.11. The lowest BCUT2D eigenvalue weighted by Crippen LogP contribution is -2.22. The van der Waals surface area contributed by atoms with Gasteiger partial charge in [0.05, 0.1) is 6.54 Å². The highest BCUT2D eigenvalue weighted by Gasteiger charge is 2.53. The Kier molecular flexibility index (Phi) is 6.13. The molecule has 1 fully saturated rings. The number of aromatic amines is 1. The first-order valence-corrected chi connectivity index (χ1v) is 18.1. The van der Waals surface area contributed by atoms with Crippen LogP contribution < -0.4 is 0 Å². The van der Waals surface area contributed by atoms with Crippen LogP contribution >= 0.6 is 0 Å². The van der Waals surface area contributed by atoms with E-state index in [-0.39, 0.29) is 5.92 Å². The van der Waals surface area contributed by atoms with E-state index in [9.17, 15) is 0 Å². The first kappa shape index (κ1) is 28.1. The number of fused-ring (bicyclic) bond motifs is 7. The maximum atomic E-state index is 4.82. The van der Waals surface area contributed by atoms with Crippen LogP contribution in [0.1, 0.15) is 52.6 Å². The molecule has 4 aliphatic carbocycles. The minimum absolute atomic E-state index is 0.190. The predicted octanol–water partition coefficient (Wildman–Crippen LogP) is 11.7. The number of benzene rings is 5. The molecule has 1 aromatic heterocycles. The zero-order valence-corrected chi connectivity index (χ0v) is 27.8. The van der Waals surface area contributed by atoms with Gasteiger partial charge in [-0.05, 0) is 133 Å². The Hall–Kier alpha value is -5.73. The van der Waals surface area contributed by atoms with Gasteiger partial charge in [-0.1, -0.05) is 115 Å². The molecular formula is C48H36N2. The monoisotopic (exact) mass is 640 g/mol. The lowest BCUT2D eigenvalue weighted by atomic mass is 9.64. The molecule has 1 aliphatic heterocycles. The topological polar surface area (TPSA) is 28.1 Å². The van der Waals surface area contributed by atoms with E-state index in [1.807, 2.05) is 6.20 Å². The molecule has 4 atom stereocenters. The number of nitrogens with zero attached hydrogens (tertiary/aromatic N) is 1. The second-order valence-electron chi connectivity index (χ2n) is 14.6. The first-order chi connectivity index (χ1) is 24.8. The number of aliphatic imine (C=N–C) groups is 1. The molecule has 50 heavy (non-hydrogen) atoms. The number of allylic oxidation sites excluding steroid dienone is 7. The fraction of sp³-hybridized carbons (Fsp3) is 0.146. The molecule has 1 N–H and O–H groups in total. The Labute approximate surface area is 292 Å². The molecule has 0 amide bonds. The predicted molar refractivity (Wildman–Crippen MR) is 208 cm³/mol. The van der Waals surface area contributed by atoms with Gasteiger partial charge in [-0.3, -0.25) is 4.99 Å². The molecule has 1 saturated carbocycles. The smallest absolute Gasteiger partial charge is 0.0577 e. The quantitative estimate of drug-likeness (QED) is 0.188. The van der Waals surface area contributed by atoms with Crippen molar-refractivity contribution in [2.45, 2.75) is 24.7 Å². The average molecular weight is 641 g/mol. The van der Waals surface area contributed by atoms with Crippen molar-refractivity contribution in [3.8, 4) is 22.3 Å². The van der Waals surface area contributed by atoms with E-state index in [0.29, 0.717) is 17.8 Å². The zero-order valence-electron chi connectivity index (χ0n) is 27.8. The standard InChI is InChI=1S/C48H36N2/c1-2-9-29(10-3-1)32-11-6-12-33(23-32)38-26-41-42-27-39(48(42)44-28-43(44)47(41)36-14-5-4-13-35(36)38)31-19-17-30(18-20-31)37-24-34(45-15-7-21-49-45)25-40(37)46-16-8-22-50-46/h1-21,23-26,39-40,43-44,49H,22,27-28H2. The minimum Gasteiger partial charge on any atom is -0.361 e. The summed E-state index contributed by atoms with van der Waals surface area (Å²) in [6, 6.07) is 45.4. The van der Waals surface area contributed by atoms with Crippen molar-refractivity contribution in [1.29, 1.82) is 0 Å².